The van der Waals surface area contributed by atoms with Crippen LogP contribution in [-0.2, 0) is 4.79 Å². The lowest BCUT2D eigenvalue weighted by Crippen LogP contribution is -2.45. The van der Waals surface area contributed by atoms with Crippen molar-refractivity contribution in [2.24, 2.45) is 23.7 Å². The molecule has 120 valence electrons. The van der Waals surface area contributed by atoms with E-state index in [0.717, 1.165) is 18.4 Å². The van der Waals surface area contributed by atoms with Crippen LogP contribution in [0.15, 0.2) is 0 Å². The molecule has 1 amide bonds. The van der Waals surface area contributed by atoms with E-state index in [1.54, 1.807) is 0 Å². The highest BCUT2D eigenvalue weighted by Crippen LogP contribution is 2.37. The van der Waals surface area contributed by atoms with Crippen LogP contribution in [0.2, 0.25) is 0 Å². The van der Waals surface area contributed by atoms with E-state index in [2.05, 4.69) is 31.0 Å². The summed E-state index contributed by atoms with van der Waals surface area (Å²) in [7, 11) is 0. The van der Waals surface area contributed by atoms with Gasteiger partial charge in [0.2, 0.25) is 5.91 Å². The molecule has 0 bridgehead atoms. The van der Waals surface area contributed by atoms with Gasteiger partial charge in [0.25, 0.3) is 0 Å². The van der Waals surface area contributed by atoms with E-state index in [1.807, 2.05) is 0 Å². The van der Waals surface area contributed by atoms with E-state index >= 15 is 0 Å². The first-order valence-electron chi connectivity index (χ1n) is 9.14. The summed E-state index contributed by atoms with van der Waals surface area (Å²) in [5.41, 5.74) is 0. The molecule has 1 N–H and O–H groups in total. The predicted molar refractivity (Wildman–Crippen MR) is 85.7 cm³/mol. The van der Waals surface area contributed by atoms with Gasteiger partial charge in [-0.15, -0.1) is 0 Å². The van der Waals surface area contributed by atoms with Gasteiger partial charge in [-0.1, -0.05) is 46.5 Å². The van der Waals surface area contributed by atoms with Crippen LogP contribution in [0.5, 0.6) is 0 Å². The van der Waals surface area contributed by atoms with E-state index in [-0.39, 0.29) is 6.04 Å². The largest absolute Gasteiger partial charge is 0.325 e. The minimum atomic E-state index is 0.0484. The molecular formula is C18H32N2O. The smallest absolute Gasteiger partial charge is 0.241 e. The van der Waals surface area contributed by atoms with E-state index in [4.69, 9.17) is 0 Å². The Hall–Kier alpha value is -0.570. The Morgan fingerprint density at radius 2 is 1.86 bits per heavy atom. The quantitative estimate of drug-likeness (QED) is 0.861. The highest BCUT2D eigenvalue weighted by molar-refractivity contribution is 5.84. The average Bonchev–Trinajstić information content (AvgIpc) is 3.13. The van der Waals surface area contributed by atoms with Gasteiger partial charge in [-0.3, -0.25) is 10.1 Å². The van der Waals surface area contributed by atoms with Gasteiger partial charge in [-0.2, -0.15) is 0 Å². The van der Waals surface area contributed by atoms with E-state index in [1.165, 1.54) is 44.9 Å². The maximum atomic E-state index is 12.9. The van der Waals surface area contributed by atoms with Gasteiger partial charge >= 0.3 is 0 Å². The zero-order valence-corrected chi connectivity index (χ0v) is 14.0. The molecule has 0 aromatic rings. The molecule has 3 aliphatic rings. The van der Waals surface area contributed by atoms with Crippen LogP contribution < -0.4 is 5.32 Å². The number of rotatable bonds is 4. The molecule has 0 radical (unpaired) electrons. The number of nitrogens with one attached hydrogen (secondary N) is 1. The molecular weight excluding hydrogens is 260 g/mol. The Labute approximate surface area is 129 Å². The second-order valence-electron chi connectivity index (χ2n) is 8.04. The predicted octanol–water partition coefficient (Wildman–Crippen LogP) is 3.40. The average molecular weight is 292 g/mol. The molecule has 2 aliphatic carbocycles. The fourth-order valence-corrected chi connectivity index (χ4v) is 4.75. The first kappa shape index (κ1) is 15.3. The lowest BCUT2D eigenvalue weighted by atomic mass is 9.96. The van der Waals surface area contributed by atoms with Crippen molar-refractivity contribution in [1.29, 1.82) is 0 Å². The third-order valence-electron chi connectivity index (χ3n) is 6.22. The lowest BCUT2D eigenvalue weighted by Gasteiger charge is -2.32. The Morgan fingerprint density at radius 1 is 1.14 bits per heavy atom. The topological polar surface area (TPSA) is 32.3 Å². The normalized spacial score (nSPS) is 38.1. The van der Waals surface area contributed by atoms with Gasteiger partial charge in [0, 0.05) is 6.54 Å². The molecule has 1 saturated heterocycles. The zero-order valence-electron chi connectivity index (χ0n) is 14.0. The molecule has 0 aromatic heterocycles. The summed E-state index contributed by atoms with van der Waals surface area (Å²) in [6, 6.07) is 0.0484. The number of carbonyl (C=O) groups is 1. The SMILES string of the molecule is CC(C)C1NC(C2CCCC2)N(CC2CCCC2C)C1=O. The van der Waals surface area contributed by atoms with Crippen molar-refractivity contribution in [3.8, 4) is 0 Å². The van der Waals surface area contributed by atoms with Crippen molar-refractivity contribution >= 4 is 5.91 Å². The first-order valence-corrected chi connectivity index (χ1v) is 9.14. The first-order chi connectivity index (χ1) is 10.1. The minimum absolute atomic E-state index is 0.0484. The van der Waals surface area contributed by atoms with Crippen molar-refractivity contribution in [2.75, 3.05) is 6.54 Å². The minimum Gasteiger partial charge on any atom is -0.325 e. The monoisotopic (exact) mass is 292 g/mol. The van der Waals surface area contributed by atoms with E-state index in [0.29, 0.717) is 23.9 Å². The molecule has 3 rings (SSSR count). The molecule has 3 nitrogen and oxygen atoms in total. The summed E-state index contributed by atoms with van der Waals surface area (Å²) < 4.78 is 0. The lowest BCUT2D eigenvalue weighted by molar-refractivity contribution is -0.132. The fourth-order valence-electron chi connectivity index (χ4n) is 4.75. The maximum Gasteiger partial charge on any atom is 0.241 e. The second kappa shape index (κ2) is 6.28. The summed E-state index contributed by atoms with van der Waals surface area (Å²) >= 11 is 0. The van der Waals surface area contributed by atoms with Crippen molar-refractivity contribution in [2.45, 2.75) is 77.9 Å². The summed E-state index contributed by atoms with van der Waals surface area (Å²) in [4.78, 5) is 15.1. The third kappa shape index (κ3) is 2.99. The van der Waals surface area contributed by atoms with Crippen LogP contribution in [0.4, 0.5) is 0 Å². The molecule has 0 aromatic carbocycles. The number of amides is 1. The molecule has 1 aliphatic heterocycles. The maximum absolute atomic E-state index is 12.9. The van der Waals surface area contributed by atoms with Crippen LogP contribution in [0, 0.1) is 23.7 Å². The van der Waals surface area contributed by atoms with Crippen LogP contribution in [0.3, 0.4) is 0 Å². The van der Waals surface area contributed by atoms with Crippen LogP contribution in [-0.4, -0.2) is 29.6 Å². The zero-order chi connectivity index (χ0) is 15.0. The van der Waals surface area contributed by atoms with Gasteiger partial charge in [0.1, 0.15) is 0 Å². The van der Waals surface area contributed by atoms with Gasteiger partial charge in [-0.25, -0.2) is 0 Å². The Bertz CT molecular complexity index is 375. The van der Waals surface area contributed by atoms with Gasteiger partial charge in [0.15, 0.2) is 0 Å². The van der Waals surface area contributed by atoms with E-state index in [9.17, 15) is 4.79 Å². The summed E-state index contributed by atoms with van der Waals surface area (Å²) in [6.07, 6.45) is 9.62. The van der Waals surface area contributed by atoms with Crippen molar-refractivity contribution in [3.63, 3.8) is 0 Å². The highest BCUT2D eigenvalue weighted by atomic mass is 16.2. The molecule has 3 fully saturated rings. The summed E-state index contributed by atoms with van der Waals surface area (Å²) in [6.45, 7) is 7.71. The Morgan fingerprint density at radius 3 is 2.43 bits per heavy atom. The number of nitrogens with zero attached hydrogens (tertiary/aromatic N) is 1. The van der Waals surface area contributed by atoms with Crippen LogP contribution in [0.1, 0.15) is 65.7 Å². The number of carbonyl (C=O) groups excluding carboxylic acids is 1. The van der Waals surface area contributed by atoms with Crippen LogP contribution in [0.25, 0.3) is 0 Å². The highest BCUT2D eigenvalue weighted by Gasteiger charge is 2.45. The van der Waals surface area contributed by atoms with Gasteiger partial charge in [-0.05, 0) is 42.9 Å². The van der Waals surface area contributed by atoms with Crippen molar-refractivity contribution in [3.05, 3.63) is 0 Å². The Balaban J connectivity index is 1.73. The second-order valence-corrected chi connectivity index (χ2v) is 8.04. The molecule has 2 saturated carbocycles. The molecule has 21 heavy (non-hydrogen) atoms. The van der Waals surface area contributed by atoms with Gasteiger partial charge in [0.05, 0.1) is 12.2 Å². The number of hydrogen-bond acceptors (Lipinski definition) is 2. The van der Waals surface area contributed by atoms with Crippen molar-refractivity contribution in [1.82, 2.24) is 10.2 Å². The van der Waals surface area contributed by atoms with Crippen LogP contribution >= 0.6 is 0 Å². The standard InChI is InChI=1S/C18H32N2O/c1-12(2)16-18(21)20(11-15-10-6-7-13(15)3)17(19-16)14-8-4-5-9-14/h12-17,19H,4-11H2,1-3H3. The third-order valence-corrected chi connectivity index (χ3v) is 6.22. The fraction of sp³-hybridized carbons (Fsp3) is 0.944. The molecule has 0 spiro atoms. The van der Waals surface area contributed by atoms with Gasteiger partial charge < -0.3 is 4.90 Å². The molecule has 1 heterocycles. The van der Waals surface area contributed by atoms with E-state index < -0.39 is 0 Å². The molecule has 3 heteroatoms. The molecule has 4 atom stereocenters. The molecule has 4 unspecified atom stereocenters. The number of hydrogen-bond donors (Lipinski definition) is 1. The summed E-state index contributed by atoms with van der Waals surface area (Å²) in [5, 5.41) is 3.70. The van der Waals surface area contributed by atoms with Crippen molar-refractivity contribution < 1.29 is 4.79 Å². The Kier molecular flexibility index (Phi) is 4.58. The summed E-state index contributed by atoms with van der Waals surface area (Å²) in [5.74, 6) is 2.98.